The molecule has 0 aromatic rings. The van der Waals surface area contributed by atoms with Gasteiger partial charge in [0.25, 0.3) is 0 Å². The minimum atomic E-state index is 0.338. The monoisotopic (exact) mass is 187 g/mol. The van der Waals surface area contributed by atoms with E-state index in [0.717, 1.165) is 6.42 Å². The van der Waals surface area contributed by atoms with Gasteiger partial charge in [-0.3, -0.25) is 0 Å². The molecule has 80 valence electrons. The van der Waals surface area contributed by atoms with Gasteiger partial charge < -0.3 is 10.1 Å². The molecule has 0 heterocycles. The van der Waals surface area contributed by atoms with Crippen LogP contribution in [0.5, 0.6) is 0 Å². The van der Waals surface area contributed by atoms with Crippen LogP contribution in [0.1, 0.15) is 34.1 Å². The van der Waals surface area contributed by atoms with Crippen molar-refractivity contribution in [2.45, 2.75) is 46.3 Å². The molecule has 0 saturated carbocycles. The lowest BCUT2D eigenvalue weighted by molar-refractivity contribution is 0.0402. The second kappa shape index (κ2) is 6.39. The number of nitrogens with one attached hydrogen (secondary N) is 1. The molecule has 2 unspecified atom stereocenters. The fraction of sp³-hybridized carbons (Fsp3) is 1.00. The summed E-state index contributed by atoms with van der Waals surface area (Å²) in [5, 5.41) is 3.33. The Hall–Kier alpha value is -0.0800. The zero-order valence-corrected chi connectivity index (χ0v) is 9.92. The number of hydrogen-bond donors (Lipinski definition) is 1. The summed E-state index contributed by atoms with van der Waals surface area (Å²) >= 11 is 0. The van der Waals surface area contributed by atoms with Crippen LogP contribution in [0.15, 0.2) is 0 Å². The van der Waals surface area contributed by atoms with E-state index in [1.807, 2.05) is 7.05 Å². The first-order chi connectivity index (χ1) is 6.02. The van der Waals surface area contributed by atoms with Crippen molar-refractivity contribution in [2.24, 2.45) is 11.8 Å². The highest BCUT2D eigenvalue weighted by Crippen LogP contribution is 2.16. The SMILES string of the molecule is CNC(C(C)C)C(CC(C)C)OC. The van der Waals surface area contributed by atoms with E-state index >= 15 is 0 Å². The fourth-order valence-corrected chi connectivity index (χ4v) is 1.80. The summed E-state index contributed by atoms with van der Waals surface area (Å²) in [6, 6.07) is 0.465. The maximum Gasteiger partial charge on any atom is 0.0729 e. The maximum absolute atomic E-state index is 5.51. The smallest absolute Gasteiger partial charge is 0.0729 e. The number of likely N-dealkylation sites (N-methyl/N-ethyl adjacent to an activating group) is 1. The van der Waals surface area contributed by atoms with Gasteiger partial charge >= 0.3 is 0 Å². The van der Waals surface area contributed by atoms with Crippen molar-refractivity contribution in [1.82, 2.24) is 5.32 Å². The van der Waals surface area contributed by atoms with E-state index in [2.05, 4.69) is 33.0 Å². The van der Waals surface area contributed by atoms with Crippen LogP contribution in [-0.2, 0) is 4.74 Å². The zero-order valence-electron chi connectivity index (χ0n) is 9.92. The quantitative estimate of drug-likeness (QED) is 0.689. The molecule has 0 radical (unpaired) electrons. The van der Waals surface area contributed by atoms with Gasteiger partial charge in [0.2, 0.25) is 0 Å². The van der Waals surface area contributed by atoms with E-state index in [1.165, 1.54) is 0 Å². The molecule has 0 fully saturated rings. The molecule has 0 aromatic carbocycles. The Morgan fingerprint density at radius 1 is 1.15 bits per heavy atom. The van der Waals surface area contributed by atoms with Gasteiger partial charge in [0.15, 0.2) is 0 Å². The molecule has 0 saturated heterocycles. The van der Waals surface area contributed by atoms with Crippen molar-refractivity contribution in [2.75, 3.05) is 14.2 Å². The summed E-state index contributed by atoms with van der Waals surface area (Å²) in [5.41, 5.74) is 0. The van der Waals surface area contributed by atoms with Crippen LogP contribution in [0.3, 0.4) is 0 Å². The third-order valence-corrected chi connectivity index (χ3v) is 2.46. The van der Waals surface area contributed by atoms with Gasteiger partial charge in [-0.2, -0.15) is 0 Å². The highest BCUT2D eigenvalue weighted by atomic mass is 16.5. The zero-order chi connectivity index (χ0) is 10.4. The molecule has 0 aromatic heterocycles. The summed E-state index contributed by atoms with van der Waals surface area (Å²) in [6.07, 6.45) is 1.46. The Morgan fingerprint density at radius 2 is 1.69 bits per heavy atom. The van der Waals surface area contributed by atoms with Gasteiger partial charge in [0.05, 0.1) is 6.10 Å². The minimum absolute atomic E-state index is 0.338. The van der Waals surface area contributed by atoms with Gasteiger partial charge in [-0.1, -0.05) is 27.7 Å². The minimum Gasteiger partial charge on any atom is -0.380 e. The summed E-state index contributed by atoms with van der Waals surface area (Å²) in [5.74, 6) is 1.31. The van der Waals surface area contributed by atoms with E-state index in [9.17, 15) is 0 Å². The summed E-state index contributed by atoms with van der Waals surface area (Å²) in [4.78, 5) is 0. The molecule has 2 nitrogen and oxygen atoms in total. The molecule has 2 heteroatoms. The van der Waals surface area contributed by atoms with Gasteiger partial charge in [0.1, 0.15) is 0 Å². The van der Waals surface area contributed by atoms with E-state index < -0.39 is 0 Å². The van der Waals surface area contributed by atoms with Crippen LogP contribution in [0, 0.1) is 11.8 Å². The highest BCUT2D eigenvalue weighted by Gasteiger charge is 2.23. The Balaban J connectivity index is 4.16. The van der Waals surface area contributed by atoms with Crippen molar-refractivity contribution in [3.8, 4) is 0 Å². The molecule has 0 amide bonds. The molecule has 0 aliphatic heterocycles. The molecular formula is C11H25NO. The van der Waals surface area contributed by atoms with Crippen LogP contribution in [-0.4, -0.2) is 26.3 Å². The van der Waals surface area contributed by atoms with Crippen molar-refractivity contribution in [1.29, 1.82) is 0 Å². The molecule has 0 bridgehead atoms. The Morgan fingerprint density at radius 3 is 1.92 bits per heavy atom. The molecule has 0 aliphatic rings. The van der Waals surface area contributed by atoms with Crippen LogP contribution < -0.4 is 5.32 Å². The molecular weight excluding hydrogens is 162 g/mol. The predicted molar refractivity (Wildman–Crippen MR) is 57.9 cm³/mol. The number of methoxy groups -OCH3 is 1. The Kier molecular flexibility index (Phi) is 6.35. The molecule has 1 N–H and O–H groups in total. The molecule has 13 heavy (non-hydrogen) atoms. The standard InChI is InChI=1S/C11H25NO/c1-8(2)7-10(13-6)11(12-5)9(3)4/h8-12H,7H2,1-6H3. The van der Waals surface area contributed by atoms with Crippen LogP contribution in [0.2, 0.25) is 0 Å². The lowest BCUT2D eigenvalue weighted by atomic mass is 9.92. The van der Waals surface area contributed by atoms with Gasteiger partial charge in [-0.15, -0.1) is 0 Å². The third kappa shape index (κ3) is 4.63. The highest BCUT2D eigenvalue weighted by molar-refractivity contribution is 4.79. The van der Waals surface area contributed by atoms with Crippen molar-refractivity contribution in [3.63, 3.8) is 0 Å². The number of ether oxygens (including phenoxy) is 1. The summed E-state index contributed by atoms with van der Waals surface area (Å²) in [7, 11) is 3.82. The first kappa shape index (κ1) is 12.9. The van der Waals surface area contributed by atoms with E-state index in [1.54, 1.807) is 7.11 Å². The third-order valence-electron chi connectivity index (χ3n) is 2.46. The van der Waals surface area contributed by atoms with E-state index in [0.29, 0.717) is 24.0 Å². The average molecular weight is 187 g/mol. The molecule has 0 rings (SSSR count). The van der Waals surface area contributed by atoms with Gasteiger partial charge in [-0.05, 0) is 25.3 Å². The Bertz CT molecular complexity index is 123. The normalized spacial score (nSPS) is 16.6. The largest absolute Gasteiger partial charge is 0.380 e. The second-order valence-electron chi connectivity index (χ2n) is 4.46. The van der Waals surface area contributed by atoms with Crippen LogP contribution >= 0.6 is 0 Å². The van der Waals surface area contributed by atoms with Crippen molar-refractivity contribution in [3.05, 3.63) is 0 Å². The van der Waals surface area contributed by atoms with Crippen LogP contribution in [0.4, 0.5) is 0 Å². The van der Waals surface area contributed by atoms with Crippen molar-refractivity contribution < 1.29 is 4.74 Å². The summed E-state index contributed by atoms with van der Waals surface area (Å²) in [6.45, 7) is 8.93. The molecule has 0 spiro atoms. The number of rotatable bonds is 6. The predicted octanol–water partition coefficient (Wildman–Crippen LogP) is 2.29. The van der Waals surface area contributed by atoms with E-state index in [-0.39, 0.29) is 0 Å². The fourth-order valence-electron chi connectivity index (χ4n) is 1.80. The van der Waals surface area contributed by atoms with Gasteiger partial charge in [-0.25, -0.2) is 0 Å². The molecule has 0 aliphatic carbocycles. The average Bonchev–Trinajstić information content (AvgIpc) is 2.02. The molecule has 2 atom stereocenters. The van der Waals surface area contributed by atoms with Gasteiger partial charge in [0, 0.05) is 13.2 Å². The topological polar surface area (TPSA) is 21.3 Å². The first-order valence-corrected chi connectivity index (χ1v) is 5.23. The lowest BCUT2D eigenvalue weighted by Gasteiger charge is -2.30. The summed E-state index contributed by atoms with van der Waals surface area (Å²) < 4.78 is 5.51. The van der Waals surface area contributed by atoms with Crippen molar-refractivity contribution >= 4 is 0 Å². The Labute approximate surface area is 83.1 Å². The van der Waals surface area contributed by atoms with E-state index in [4.69, 9.17) is 4.74 Å². The lowest BCUT2D eigenvalue weighted by Crippen LogP contribution is -2.43. The maximum atomic E-state index is 5.51. The first-order valence-electron chi connectivity index (χ1n) is 5.23. The second-order valence-corrected chi connectivity index (χ2v) is 4.46. The van der Waals surface area contributed by atoms with Crippen LogP contribution in [0.25, 0.3) is 0 Å². The number of hydrogen-bond acceptors (Lipinski definition) is 2.